The average Bonchev–Trinajstić information content (AvgIpc) is 2.26. The van der Waals surface area contributed by atoms with Crippen LogP contribution in [0, 0.1) is 0 Å². The summed E-state index contributed by atoms with van der Waals surface area (Å²) in [4.78, 5) is 18.3. The van der Waals surface area contributed by atoms with Crippen LogP contribution >= 0.6 is 0 Å². The SMILES string of the molecule is CC(=O)c1nc2ccccc2nc1C(F)(F)F. The Morgan fingerprint density at radius 1 is 1.12 bits per heavy atom. The number of nitrogens with zero attached hydrogens (tertiary/aromatic N) is 2. The molecule has 88 valence electrons. The molecule has 0 aliphatic carbocycles. The van der Waals surface area contributed by atoms with Crippen LogP contribution < -0.4 is 0 Å². The molecule has 0 fully saturated rings. The third-order valence-corrected chi connectivity index (χ3v) is 2.17. The third-order valence-electron chi connectivity index (χ3n) is 2.17. The van der Waals surface area contributed by atoms with E-state index in [0.29, 0.717) is 0 Å². The van der Waals surface area contributed by atoms with Gasteiger partial charge in [-0.15, -0.1) is 0 Å². The average molecular weight is 240 g/mol. The minimum absolute atomic E-state index is 0.116. The van der Waals surface area contributed by atoms with Crippen LogP contribution in [0.2, 0.25) is 0 Å². The van der Waals surface area contributed by atoms with Gasteiger partial charge >= 0.3 is 6.18 Å². The molecule has 1 aromatic carbocycles. The quantitative estimate of drug-likeness (QED) is 0.720. The van der Waals surface area contributed by atoms with E-state index in [1.807, 2.05) is 0 Å². The van der Waals surface area contributed by atoms with Crippen molar-refractivity contribution < 1.29 is 18.0 Å². The summed E-state index contributed by atoms with van der Waals surface area (Å²) in [6, 6.07) is 6.11. The highest BCUT2D eigenvalue weighted by molar-refractivity contribution is 5.95. The van der Waals surface area contributed by atoms with Gasteiger partial charge in [0.2, 0.25) is 0 Å². The van der Waals surface area contributed by atoms with Crippen LogP contribution in [0.5, 0.6) is 0 Å². The second-order valence-corrected chi connectivity index (χ2v) is 3.46. The molecule has 1 heterocycles. The number of Topliss-reactive ketones (excluding diaryl/α,β-unsaturated/α-hetero) is 1. The van der Waals surface area contributed by atoms with Gasteiger partial charge in [0.15, 0.2) is 11.5 Å². The number of rotatable bonds is 1. The monoisotopic (exact) mass is 240 g/mol. The summed E-state index contributed by atoms with van der Waals surface area (Å²) in [6.45, 7) is 1.04. The van der Waals surface area contributed by atoms with Crippen LogP contribution in [0.1, 0.15) is 23.1 Å². The minimum atomic E-state index is -4.68. The first kappa shape index (κ1) is 11.5. The van der Waals surface area contributed by atoms with E-state index < -0.39 is 23.3 Å². The first-order valence-corrected chi connectivity index (χ1v) is 4.74. The van der Waals surface area contributed by atoms with E-state index in [2.05, 4.69) is 9.97 Å². The smallest absolute Gasteiger partial charge is 0.293 e. The number of para-hydroxylation sites is 2. The molecule has 0 saturated heterocycles. The van der Waals surface area contributed by atoms with E-state index in [1.165, 1.54) is 12.1 Å². The largest absolute Gasteiger partial charge is 0.435 e. The number of ketones is 1. The fourth-order valence-corrected chi connectivity index (χ4v) is 1.44. The van der Waals surface area contributed by atoms with E-state index >= 15 is 0 Å². The molecular formula is C11H7F3N2O. The molecule has 0 N–H and O–H groups in total. The molecule has 0 saturated carbocycles. The van der Waals surface area contributed by atoms with Crippen LogP contribution in [-0.2, 0) is 6.18 Å². The fraction of sp³-hybridized carbons (Fsp3) is 0.182. The number of hydrogen-bond acceptors (Lipinski definition) is 3. The molecule has 0 radical (unpaired) electrons. The van der Waals surface area contributed by atoms with Gasteiger partial charge in [-0.3, -0.25) is 4.79 Å². The normalized spacial score (nSPS) is 11.8. The lowest BCUT2D eigenvalue weighted by atomic mass is 10.2. The van der Waals surface area contributed by atoms with Crippen LogP contribution in [0.15, 0.2) is 24.3 Å². The van der Waals surface area contributed by atoms with Gasteiger partial charge in [-0.1, -0.05) is 12.1 Å². The number of carbonyl (C=O) groups is 1. The fourth-order valence-electron chi connectivity index (χ4n) is 1.44. The molecule has 2 aromatic rings. The highest BCUT2D eigenvalue weighted by Crippen LogP contribution is 2.31. The van der Waals surface area contributed by atoms with Gasteiger partial charge in [0.25, 0.3) is 0 Å². The Balaban J connectivity index is 2.80. The summed E-state index contributed by atoms with van der Waals surface area (Å²) < 4.78 is 38.0. The molecule has 0 atom stereocenters. The van der Waals surface area contributed by atoms with Crippen molar-refractivity contribution in [3.63, 3.8) is 0 Å². The molecule has 0 aliphatic rings. The van der Waals surface area contributed by atoms with Crippen molar-refractivity contribution in [3.05, 3.63) is 35.7 Å². The predicted molar refractivity (Wildman–Crippen MR) is 54.5 cm³/mol. The summed E-state index contributed by atoms with van der Waals surface area (Å²) in [7, 11) is 0. The Hall–Kier alpha value is -1.98. The molecule has 0 bridgehead atoms. The van der Waals surface area contributed by atoms with Crippen molar-refractivity contribution >= 4 is 16.8 Å². The lowest BCUT2D eigenvalue weighted by Gasteiger charge is -2.10. The maximum absolute atomic E-state index is 12.7. The molecule has 0 unspecified atom stereocenters. The Morgan fingerprint density at radius 3 is 2.12 bits per heavy atom. The molecule has 1 aromatic heterocycles. The van der Waals surface area contributed by atoms with Crippen LogP contribution in [-0.4, -0.2) is 15.8 Å². The summed E-state index contributed by atoms with van der Waals surface area (Å²) in [5, 5.41) is 0. The first-order valence-electron chi connectivity index (χ1n) is 4.74. The Labute approximate surface area is 94.3 Å². The van der Waals surface area contributed by atoms with Crippen LogP contribution in [0.3, 0.4) is 0 Å². The topological polar surface area (TPSA) is 42.9 Å². The van der Waals surface area contributed by atoms with Crippen molar-refractivity contribution in [1.82, 2.24) is 9.97 Å². The van der Waals surface area contributed by atoms with Gasteiger partial charge in [-0.25, -0.2) is 9.97 Å². The number of carbonyl (C=O) groups excluding carboxylic acids is 1. The van der Waals surface area contributed by atoms with Gasteiger partial charge in [0.05, 0.1) is 11.0 Å². The number of fused-ring (bicyclic) bond motifs is 1. The van der Waals surface area contributed by atoms with E-state index in [9.17, 15) is 18.0 Å². The zero-order valence-corrected chi connectivity index (χ0v) is 8.75. The highest BCUT2D eigenvalue weighted by Gasteiger charge is 2.37. The lowest BCUT2D eigenvalue weighted by molar-refractivity contribution is -0.141. The maximum Gasteiger partial charge on any atom is 0.435 e. The molecule has 0 aliphatic heterocycles. The zero-order chi connectivity index (χ0) is 12.6. The number of halogens is 3. The molecule has 0 amide bonds. The van der Waals surface area contributed by atoms with Crippen LogP contribution in [0.25, 0.3) is 11.0 Å². The van der Waals surface area contributed by atoms with Gasteiger partial charge < -0.3 is 0 Å². The van der Waals surface area contributed by atoms with E-state index in [1.54, 1.807) is 12.1 Å². The van der Waals surface area contributed by atoms with Crippen molar-refractivity contribution in [3.8, 4) is 0 Å². The first-order chi connectivity index (χ1) is 7.89. The number of hydrogen-bond donors (Lipinski definition) is 0. The summed E-state index contributed by atoms with van der Waals surface area (Å²) in [6.07, 6.45) is -4.68. The van der Waals surface area contributed by atoms with Crippen molar-refractivity contribution in [2.24, 2.45) is 0 Å². The number of alkyl halides is 3. The van der Waals surface area contributed by atoms with Gasteiger partial charge in [-0.2, -0.15) is 13.2 Å². The maximum atomic E-state index is 12.7. The van der Waals surface area contributed by atoms with Crippen molar-refractivity contribution in [2.45, 2.75) is 13.1 Å². The van der Waals surface area contributed by atoms with E-state index in [-0.39, 0.29) is 11.0 Å². The molecule has 0 spiro atoms. The number of benzene rings is 1. The standard InChI is InChI=1S/C11H7F3N2O/c1-6(17)9-10(11(12,13)14)16-8-5-3-2-4-7(8)15-9/h2-5H,1H3. The molecule has 3 nitrogen and oxygen atoms in total. The molecule has 6 heteroatoms. The second-order valence-electron chi connectivity index (χ2n) is 3.46. The van der Waals surface area contributed by atoms with Crippen molar-refractivity contribution in [2.75, 3.05) is 0 Å². The predicted octanol–water partition coefficient (Wildman–Crippen LogP) is 2.85. The second kappa shape index (κ2) is 3.80. The van der Waals surface area contributed by atoms with E-state index in [0.717, 1.165) is 6.92 Å². The molecule has 2 rings (SSSR count). The Bertz CT molecular complexity index is 593. The molecule has 17 heavy (non-hydrogen) atoms. The van der Waals surface area contributed by atoms with Crippen LogP contribution in [0.4, 0.5) is 13.2 Å². The highest BCUT2D eigenvalue weighted by atomic mass is 19.4. The van der Waals surface area contributed by atoms with Gasteiger partial charge in [-0.05, 0) is 12.1 Å². The Morgan fingerprint density at radius 2 is 1.65 bits per heavy atom. The van der Waals surface area contributed by atoms with E-state index in [4.69, 9.17) is 0 Å². The third kappa shape index (κ3) is 2.11. The minimum Gasteiger partial charge on any atom is -0.293 e. The Kier molecular flexibility index (Phi) is 2.57. The molecular weight excluding hydrogens is 233 g/mol. The zero-order valence-electron chi connectivity index (χ0n) is 8.75. The van der Waals surface area contributed by atoms with Crippen molar-refractivity contribution in [1.29, 1.82) is 0 Å². The van der Waals surface area contributed by atoms with Gasteiger partial charge in [0, 0.05) is 6.92 Å². The number of aromatic nitrogens is 2. The summed E-state index contributed by atoms with van der Waals surface area (Å²) in [5.41, 5.74) is -1.49. The lowest BCUT2D eigenvalue weighted by Crippen LogP contribution is -2.16. The van der Waals surface area contributed by atoms with Gasteiger partial charge in [0.1, 0.15) is 5.69 Å². The summed E-state index contributed by atoms with van der Waals surface area (Å²) in [5.74, 6) is -0.754. The summed E-state index contributed by atoms with van der Waals surface area (Å²) >= 11 is 0.